The Labute approximate surface area is 144 Å². The van der Waals surface area contributed by atoms with Gasteiger partial charge in [0.05, 0.1) is 0 Å². The van der Waals surface area contributed by atoms with Crippen LogP contribution < -0.4 is 5.32 Å². The van der Waals surface area contributed by atoms with Crippen LogP contribution in [-0.2, 0) is 9.16 Å². The summed E-state index contributed by atoms with van der Waals surface area (Å²) in [7, 11) is -1.68. The highest BCUT2D eigenvalue weighted by molar-refractivity contribution is 6.74. The third kappa shape index (κ3) is 10.0. The van der Waals surface area contributed by atoms with Crippen LogP contribution in [0, 0.1) is 0 Å². The van der Waals surface area contributed by atoms with Crippen molar-refractivity contribution >= 4 is 14.4 Å². The van der Waals surface area contributed by atoms with E-state index >= 15 is 0 Å². The molecule has 0 aromatic rings. The Kier molecular flexibility index (Phi) is 8.85. The molecule has 0 rings (SSSR count). The molecule has 0 aliphatic rings. The van der Waals surface area contributed by atoms with E-state index < -0.39 is 8.32 Å². The van der Waals surface area contributed by atoms with Crippen molar-refractivity contribution in [3.8, 4) is 0 Å². The number of rotatable bonds is 8. The zero-order valence-electron chi connectivity index (χ0n) is 16.8. The van der Waals surface area contributed by atoms with Crippen LogP contribution in [0.1, 0.15) is 74.1 Å². The van der Waals surface area contributed by atoms with Gasteiger partial charge in [-0.15, -0.1) is 0 Å². The normalized spacial score (nSPS) is 14.5. The van der Waals surface area contributed by atoms with Gasteiger partial charge in [0, 0.05) is 12.1 Å². The zero-order valence-corrected chi connectivity index (χ0v) is 17.8. The van der Waals surface area contributed by atoms with Crippen molar-refractivity contribution in [3.05, 3.63) is 0 Å². The Bertz CT molecular complexity index is 356. The van der Waals surface area contributed by atoms with Crippen LogP contribution in [0.4, 0.5) is 4.79 Å². The van der Waals surface area contributed by atoms with E-state index in [2.05, 4.69) is 46.1 Å². The molecule has 0 aromatic heterocycles. The number of carbonyl (C=O) groups excluding carboxylic acids is 1. The van der Waals surface area contributed by atoms with E-state index in [-0.39, 0.29) is 22.8 Å². The van der Waals surface area contributed by atoms with E-state index in [1.54, 1.807) is 0 Å². The van der Waals surface area contributed by atoms with Gasteiger partial charge in [0.25, 0.3) is 0 Å². The number of hydrogen-bond acceptors (Lipinski definition) is 3. The van der Waals surface area contributed by atoms with Crippen molar-refractivity contribution in [2.75, 3.05) is 6.61 Å². The van der Waals surface area contributed by atoms with Gasteiger partial charge in [-0.3, -0.25) is 0 Å². The van der Waals surface area contributed by atoms with E-state index in [1.165, 1.54) is 0 Å². The highest BCUT2D eigenvalue weighted by Gasteiger charge is 2.36. The molecule has 0 radical (unpaired) electrons. The van der Waals surface area contributed by atoms with Crippen LogP contribution in [0.3, 0.4) is 0 Å². The van der Waals surface area contributed by atoms with Gasteiger partial charge < -0.3 is 14.5 Å². The molecule has 0 aliphatic heterocycles. The predicted octanol–water partition coefficient (Wildman–Crippen LogP) is 5.48. The molecule has 0 aromatic carbocycles. The molecule has 0 aliphatic carbocycles. The molecule has 138 valence electrons. The summed E-state index contributed by atoms with van der Waals surface area (Å²) in [4.78, 5) is 11.9. The molecule has 0 saturated heterocycles. The van der Waals surface area contributed by atoms with Gasteiger partial charge in [0.2, 0.25) is 0 Å². The van der Waals surface area contributed by atoms with Crippen LogP contribution in [0.2, 0.25) is 18.1 Å². The first-order valence-corrected chi connectivity index (χ1v) is 11.8. The molecule has 0 saturated carbocycles. The topological polar surface area (TPSA) is 47.6 Å². The number of alkyl carbamates (subject to hydrolysis) is 1. The lowest BCUT2D eigenvalue weighted by Gasteiger charge is -2.36. The average Bonchev–Trinajstić information content (AvgIpc) is 2.30. The summed E-state index contributed by atoms with van der Waals surface area (Å²) in [5.74, 6) is 0. The van der Waals surface area contributed by atoms with E-state index in [9.17, 15) is 4.79 Å². The quantitative estimate of drug-likeness (QED) is 0.468. The number of carbonyl (C=O) groups is 1. The molecule has 0 heterocycles. The molecule has 23 heavy (non-hydrogen) atoms. The predicted molar refractivity (Wildman–Crippen MR) is 100 cm³/mol. The molecule has 0 fully saturated rings. The van der Waals surface area contributed by atoms with Crippen LogP contribution in [0.25, 0.3) is 0 Å². The molecule has 5 heteroatoms. The standard InChI is InChI=1S/C18H39NO3Si/c1-10-12-15(22-16(20)19-17(2,3)4)13-11-14-21-23(8,9)18(5,6)7/h15H,10-14H2,1-9H3,(H,19,20)/t15-/m0/s1. The van der Waals surface area contributed by atoms with Crippen LogP contribution >= 0.6 is 0 Å². The van der Waals surface area contributed by atoms with Gasteiger partial charge in [-0.2, -0.15) is 0 Å². The maximum absolute atomic E-state index is 11.9. The fraction of sp³-hybridized carbons (Fsp3) is 0.944. The summed E-state index contributed by atoms with van der Waals surface area (Å²) in [6.07, 6.45) is 3.36. The second-order valence-electron chi connectivity index (χ2n) is 8.94. The minimum absolute atomic E-state index is 0.0228. The maximum Gasteiger partial charge on any atom is 0.407 e. The summed E-state index contributed by atoms with van der Waals surface area (Å²) in [5, 5.41) is 3.09. The lowest BCUT2D eigenvalue weighted by atomic mass is 10.1. The summed E-state index contributed by atoms with van der Waals surface area (Å²) >= 11 is 0. The third-order valence-electron chi connectivity index (χ3n) is 4.30. The second kappa shape index (κ2) is 9.07. The van der Waals surface area contributed by atoms with Crippen LogP contribution in [-0.4, -0.2) is 32.7 Å². The van der Waals surface area contributed by atoms with E-state index in [4.69, 9.17) is 9.16 Å². The molecular formula is C18H39NO3Si. The molecule has 1 N–H and O–H groups in total. The highest BCUT2D eigenvalue weighted by atomic mass is 28.4. The number of amides is 1. The summed E-state index contributed by atoms with van der Waals surface area (Å²) < 4.78 is 11.8. The van der Waals surface area contributed by atoms with Gasteiger partial charge >= 0.3 is 6.09 Å². The van der Waals surface area contributed by atoms with E-state index in [1.807, 2.05) is 20.8 Å². The Balaban J connectivity index is 4.27. The van der Waals surface area contributed by atoms with Crippen molar-refractivity contribution < 1.29 is 14.0 Å². The summed E-state index contributed by atoms with van der Waals surface area (Å²) in [5.41, 5.74) is -0.265. The number of ether oxygens (including phenoxy) is 1. The Hall–Kier alpha value is -0.553. The first kappa shape index (κ1) is 22.4. The summed E-state index contributed by atoms with van der Waals surface area (Å²) in [6.45, 7) is 20.0. The SMILES string of the molecule is CCC[C@@H](CCCO[Si](C)(C)C(C)(C)C)OC(=O)NC(C)(C)C. The number of hydrogen-bond donors (Lipinski definition) is 1. The fourth-order valence-corrected chi connectivity index (χ4v) is 3.01. The van der Waals surface area contributed by atoms with Crippen molar-refractivity contribution in [3.63, 3.8) is 0 Å². The Morgan fingerprint density at radius 1 is 1.09 bits per heavy atom. The van der Waals surface area contributed by atoms with Crippen LogP contribution in [0.15, 0.2) is 0 Å². The largest absolute Gasteiger partial charge is 0.446 e. The van der Waals surface area contributed by atoms with Gasteiger partial charge in [0.15, 0.2) is 8.32 Å². The molecule has 0 unspecified atom stereocenters. The van der Waals surface area contributed by atoms with Crippen molar-refractivity contribution in [2.24, 2.45) is 0 Å². The van der Waals surface area contributed by atoms with E-state index in [0.29, 0.717) is 0 Å². The lowest BCUT2D eigenvalue weighted by Crippen LogP contribution is -2.42. The molecular weight excluding hydrogens is 306 g/mol. The first-order chi connectivity index (χ1) is 10.3. The van der Waals surface area contributed by atoms with Gasteiger partial charge in [0.1, 0.15) is 6.10 Å². The average molecular weight is 346 g/mol. The third-order valence-corrected chi connectivity index (χ3v) is 8.84. The Morgan fingerprint density at radius 2 is 1.65 bits per heavy atom. The lowest BCUT2D eigenvalue weighted by molar-refractivity contribution is 0.0770. The first-order valence-electron chi connectivity index (χ1n) is 8.91. The summed E-state index contributed by atoms with van der Waals surface area (Å²) in [6, 6.07) is 0. The minimum atomic E-state index is -1.68. The molecule has 1 amide bonds. The van der Waals surface area contributed by atoms with Crippen molar-refractivity contribution in [2.45, 2.75) is 104 Å². The maximum atomic E-state index is 11.9. The van der Waals surface area contributed by atoms with Gasteiger partial charge in [-0.05, 0) is 58.2 Å². The van der Waals surface area contributed by atoms with Gasteiger partial charge in [-0.25, -0.2) is 4.79 Å². The highest BCUT2D eigenvalue weighted by Crippen LogP contribution is 2.36. The minimum Gasteiger partial charge on any atom is -0.446 e. The van der Waals surface area contributed by atoms with Gasteiger partial charge in [-0.1, -0.05) is 34.1 Å². The zero-order chi connectivity index (χ0) is 18.3. The Morgan fingerprint density at radius 3 is 2.09 bits per heavy atom. The molecule has 1 atom stereocenters. The molecule has 4 nitrogen and oxygen atoms in total. The van der Waals surface area contributed by atoms with Crippen LogP contribution in [0.5, 0.6) is 0 Å². The second-order valence-corrected chi connectivity index (χ2v) is 13.8. The smallest absolute Gasteiger partial charge is 0.407 e. The monoisotopic (exact) mass is 345 g/mol. The fourth-order valence-electron chi connectivity index (χ4n) is 1.93. The van der Waals surface area contributed by atoms with Crippen molar-refractivity contribution in [1.29, 1.82) is 0 Å². The number of nitrogens with one attached hydrogen (secondary N) is 1. The molecule has 0 bridgehead atoms. The molecule has 0 spiro atoms. The van der Waals surface area contributed by atoms with Crippen molar-refractivity contribution in [1.82, 2.24) is 5.32 Å². The van der Waals surface area contributed by atoms with E-state index in [0.717, 1.165) is 32.3 Å².